The van der Waals surface area contributed by atoms with Crippen LogP contribution in [0.3, 0.4) is 0 Å². The minimum Gasteiger partial charge on any atom is -0.870 e. The van der Waals surface area contributed by atoms with Crippen molar-refractivity contribution in [3.63, 3.8) is 0 Å². The summed E-state index contributed by atoms with van der Waals surface area (Å²) in [6, 6.07) is 0. The summed E-state index contributed by atoms with van der Waals surface area (Å²) in [7, 11) is 0. The molecule has 0 saturated heterocycles. The van der Waals surface area contributed by atoms with Crippen molar-refractivity contribution >= 4 is 46.6 Å². The van der Waals surface area contributed by atoms with E-state index in [2.05, 4.69) is 0 Å². The molecule has 3 N–H and O–H groups in total. The van der Waals surface area contributed by atoms with E-state index in [9.17, 15) is 0 Å². The van der Waals surface area contributed by atoms with E-state index < -0.39 is 6.16 Å². The largest absolute Gasteiger partial charge is 3.00 e. The first-order valence-electron chi connectivity index (χ1n) is 0.612. The van der Waals surface area contributed by atoms with Crippen LogP contribution < -0.4 is 10.2 Å². The van der Waals surface area contributed by atoms with Crippen molar-refractivity contribution in [2.75, 3.05) is 0 Å². The van der Waals surface area contributed by atoms with E-state index in [-0.39, 0.29) is 51.4 Å². The fraction of sp³-hybridized carbons (Fsp3) is 0. The smallest absolute Gasteiger partial charge is 0.870 e. The minimum absolute atomic E-state index is 0. The maximum atomic E-state index is 8.33. The quantitative estimate of drug-likeness (QED) is 0.321. The minimum atomic E-state index is -2.33. The molecular formula is CH3AlMgO5+2. The Hall–Kier alpha value is 0.489. The second-order valence-corrected chi connectivity index (χ2v) is 0.250. The first-order valence-corrected chi connectivity index (χ1v) is 0.612. The van der Waals surface area contributed by atoms with Gasteiger partial charge in [-0.25, -0.2) is 0 Å². The molecule has 40 valence electrons. The summed E-state index contributed by atoms with van der Waals surface area (Å²) < 4.78 is 0. The van der Waals surface area contributed by atoms with Gasteiger partial charge in [0.1, 0.15) is 0 Å². The van der Waals surface area contributed by atoms with Crippen molar-refractivity contribution in [2.24, 2.45) is 0 Å². The van der Waals surface area contributed by atoms with E-state index in [1.807, 2.05) is 0 Å². The summed E-state index contributed by atoms with van der Waals surface area (Å²) in [5, 5.41) is 16.7. The Morgan fingerprint density at radius 2 is 1.25 bits per heavy atom. The third-order valence-corrected chi connectivity index (χ3v) is 0. The molecule has 0 saturated carbocycles. The van der Waals surface area contributed by atoms with Crippen LogP contribution in [0.5, 0.6) is 0 Å². The Balaban J connectivity index is -0.00000000750. The van der Waals surface area contributed by atoms with E-state index in [0.717, 1.165) is 0 Å². The molecule has 0 fully saturated rings. The van der Waals surface area contributed by atoms with Crippen molar-refractivity contribution in [1.29, 1.82) is 0 Å². The molecule has 0 aromatic carbocycles. The van der Waals surface area contributed by atoms with Crippen LogP contribution >= 0.6 is 0 Å². The number of carboxylic acid groups (broad SMARTS) is 2. The number of hydrogen-bond donors (Lipinski definition) is 0. The zero-order chi connectivity index (χ0) is 3.58. The van der Waals surface area contributed by atoms with Crippen LogP contribution in [-0.2, 0) is 0 Å². The van der Waals surface area contributed by atoms with Gasteiger partial charge >= 0.3 is 40.4 Å². The normalized spacial score (nSPS) is 3.00. The average molecular weight is 146 g/mol. The van der Waals surface area contributed by atoms with Gasteiger partial charge in [0.15, 0.2) is 0 Å². The standard InChI is InChI=1S/CH2O3.Al.Mg.2H2O/c2-1(3)4;;;;/h(H2,2,3,4);;;2*1H2/q;+3;+2;;/p-3. The van der Waals surface area contributed by atoms with Crippen LogP contribution in [0.25, 0.3) is 0 Å². The number of carbonyl (C=O) groups excluding carboxylic acids is 1. The zero-order valence-corrected chi connectivity index (χ0v) is 6.53. The third-order valence-electron chi connectivity index (χ3n) is 0. The summed E-state index contributed by atoms with van der Waals surface area (Å²) >= 11 is 0. The van der Waals surface area contributed by atoms with Crippen molar-refractivity contribution in [1.82, 2.24) is 0 Å². The molecule has 0 atom stereocenters. The van der Waals surface area contributed by atoms with Gasteiger partial charge in [0.25, 0.3) is 0 Å². The number of rotatable bonds is 0. The maximum Gasteiger partial charge on any atom is 3.00 e. The van der Waals surface area contributed by atoms with Crippen molar-refractivity contribution in [3.05, 3.63) is 0 Å². The monoisotopic (exact) mass is 146 g/mol. The van der Waals surface area contributed by atoms with Gasteiger partial charge in [-0.05, 0) is 6.16 Å². The van der Waals surface area contributed by atoms with Crippen LogP contribution in [0.2, 0.25) is 0 Å². The molecule has 0 amide bonds. The SMILES string of the molecule is O.O=C([O-])[O-].[Al+3].[Mg+2].[OH-]. The van der Waals surface area contributed by atoms with E-state index >= 15 is 0 Å². The fourth-order valence-electron chi connectivity index (χ4n) is 0. The van der Waals surface area contributed by atoms with Gasteiger partial charge < -0.3 is 26.0 Å². The first-order chi connectivity index (χ1) is 1.73. The van der Waals surface area contributed by atoms with Gasteiger partial charge in [-0.2, -0.15) is 0 Å². The molecule has 0 aliphatic carbocycles. The molecule has 7 heteroatoms. The van der Waals surface area contributed by atoms with Gasteiger partial charge in [-0.3, -0.25) is 0 Å². The fourth-order valence-corrected chi connectivity index (χ4v) is 0. The first kappa shape index (κ1) is 39.1. The molecule has 0 rings (SSSR count). The van der Waals surface area contributed by atoms with Crippen molar-refractivity contribution in [3.8, 4) is 0 Å². The second kappa shape index (κ2) is 25.9. The maximum absolute atomic E-state index is 8.33. The Morgan fingerprint density at radius 3 is 1.25 bits per heavy atom. The van der Waals surface area contributed by atoms with Gasteiger partial charge in [-0.15, -0.1) is 0 Å². The summed E-state index contributed by atoms with van der Waals surface area (Å²) in [6.07, 6.45) is -2.33. The van der Waals surface area contributed by atoms with Crippen LogP contribution in [0.1, 0.15) is 0 Å². The van der Waals surface area contributed by atoms with Gasteiger partial charge in [-0.1, -0.05) is 0 Å². The third kappa shape index (κ3) is 818. The van der Waals surface area contributed by atoms with Gasteiger partial charge in [0.05, 0.1) is 0 Å². The predicted molar refractivity (Wildman–Crippen MR) is 22.5 cm³/mol. The molecule has 0 bridgehead atoms. The van der Waals surface area contributed by atoms with Crippen molar-refractivity contribution < 1.29 is 26.0 Å². The van der Waals surface area contributed by atoms with Crippen molar-refractivity contribution in [2.45, 2.75) is 0 Å². The molecule has 0 aromatic rings. The summed E-state index contributed by atoms with van der Waals surface area (Å²) in [5.74, 6) is 0. The Labute approximate surface area is 72.6 Å². The predicted octanol–water partition coefficient (Wildman–Crippen LogP) is -4.21. The Bertz CT molecular complexity index is 35.4. The molecule has 0 aliphatic rings. The van der Waals surface area contributed by atoms with E-state index in [0.29, 0.717) is 0 Å². The van der Waals surface area contributed by atoms with Gasteiger partial charge in [0.2, 0.25) is 0 Å². The molecule has 0 spiro atoms. The summed E-state index contributed by atoms with van der Waals surface area (Å²) in [4.78, 5) is 8.33. The summed E-state index contributed by atoms with van der Waals surface area (Å²) in [6.45, 7) is 0. The Kier molecular flexibility index (Phi) is 127. The molecular weight excluding hydrogens is 143 g/mol. The van der Waals surface area contributed by atoms with Crippen LogP contribution in [0.4, 0.5) is 4.79 Å². The molecule has 5 nitrogen and oxygen atoms in total. The average Bonchev–Trinajstić information content (AvgIpc) is 0.811. The van der Waals surface area contributed by atoms with Gasteiger partial charge in [0, 0.05) is 0 Å². The number of hydrogen-bond acceptors (Lipinski definition) is 4. The van der Waals surface area contributed by atoms with Crippen LogP contribution in [0, 0.1) is 0 Å². The topological polar surface area (TPSA) is 125 Å². The molecule has 8 heavy (non-hydrogen) atoms. The summed E-state index contributed by atoms with van der Waals surface area (Å²) in [5.41, 5.74) is 0. The molecule has 0 unspecified atom stereocenters. The van der Waals surface area contributed by atoms with E-state index in [1.54, 1.807) is 0 Å². The Morgan fingerprint density at radius 1 is 1.25 bits per heavy atom. The number of carbonyl (C=O) groups is 1. The molecule has 0 aromatic heterocycles. The zero-order valence-electron chi connectivity index (χ0n) is 3.96. The van der Waals surface area contributed by atoms with E-state index in [1.165, 1.54) is 0 Å². The molecule has 0 heterocycles. The van der Waals surface area contributed by atoms with Crippen LogP contribution in [0.15, 0.2) is 0 Å². The van der Waals surface area contributed by atoms with Crippen LogP contribution in [-0.4, -0.2) is 57.5 Å². The molecule has 0 radical (unpaired) electrons. The second-order valence-electron chi connectivity index (χ2n) is 0.250. The molecule has 0 aliphatic heterocycles. The van der Waals surface area contributed by atoms with E-state index in [4.69, 9.17) is 15.0 Å².